The van der Waals surface area contributed by atoms with Gasteiger partial charge in [-0.05, 0) is 62.8 Å². The van der Waals surface area contributed by atoms with Crippen LogP contribution in [0.3, 0.4) is 0 Å². The van der Waals surface area contributed by atoms with Crippen LogP contribution < -0.4 is 9.46 Å². The van der Waals surface area contributed by atoms with Crippen molar-refractivity contribution in [2.45, 2.75) is 81.5 Å². The smallest absolute Gasteiger partial charge is 0.389 e. The molecule has 2 amide bonds. The number of likely N-dealkylation sites (N-methyl/N-ethyl adjacent to an activating group) is 1. The zero-order valence-electron chi connectivity index (χ0n) is 25.9. The van der Waals surface area contributed by atoms with Crippen LogP contribution >= 0.6 is 11.3 Å². The number of hydrogen-bond donors (Lipinski definition) is 2. The molecule has 0 bridgehead atoms. The molecule has 1 aliphatic rings. The fraction of sp³-hybridized carbons (Fsp3) is 0.600. The average molecular weight is 678 g/mol. The van der Waals surface area contributed by atoms with Crippen LogP contribution in [0.5, 0.6) is 5.75 Å². The number of halogens is 3. The quantitative estimate of drug-likeness (QED) is 0.377. The van der Waals surface area contributed by atoms with Crippen molar-refractivity contribution in [1.29, 1.82) is 0 Å². The maximum absolute atomic E-state index is 14.2. The van der Waals surface area contributed by atoms with E-state index in [1.807, 2.05) is 6.92 Å². The number of fused-ring (bicyclic) bond motifs is 1. The minimum Gasteiger partial charge on any atom is -0.490 e. The highest BCUT2D eigenvalue weighted by Crippen LogP contribution is 2.30. The lowest BCUT2D eigenvalue weighted by Gasteiger charge is -2.36. The summed E-state index contributed by atoms with van der Waals surface area (Å²) in [7, 11) is -2.48. The number of alkyl halides is 3. The summed E-state index contributed by atoms with van der Waals surface area (Å²) < 4.78 is 78.9. The van der Waals surface area contributed by atoms with Crippen molar-refractivity contribution in [1.82, 2.24) is 9.80 Å². The van der Waals surface area contributed by atoms with Crippen molar-refractivity contribution in [3.8, 4) is 5.75 Å². The van der Waals surface area contributed by atoms with Crippen molar-refractivity contribution in [2.24, 2.45) is 5.92 Å². The number of amides is 2. The highest BCUT2D eigenvalue weighted by Gasteiger charge is 2.32. The van der Waals surface area contributed by atoms with Crippen LogP contribution in [0, 0.1) is 5.92 Å². The first-order valence-electron chi connectivity index (χ1n) is 14.8. The minimum atomic E-state index is -4.45. The Labute approximate surface area is 266 Å². The van der Waals surface area contributed by atoms with Gasteiger partial charge in [-0.15, -0.1) is 11.3 Å². The van der Waals surface area contributed by atoms with Gasteiger partial charge in [-0.2, -0.15) is 13.2 Å². The first-order valence-corrected chi connectivity index (χ1v) is 17.2. The molecular weight excluding hydrogens is 635 g/mol. The first kappa shape index (κ1) is 36.6. The lowest BCUT2D eigenvalue weighted by molar-refractivity contribution is -0.149. The SMILES string of the molecule is C[C@@H]1CN([C@@H](C)CO)C(=O)c2cc(NS(=O)(=O)c3cccs3)ccc2O[C@@H](C)CCCCO[C@@H]1CN(C)C(=O)CCC(F)(F)F. The van der Waals surface area contributed by atoms with Gasteiger partial charge in [0, 0.05) is 44.8 Å². The molecule has 3 rings (SSSR count). The Balaban J connectivity index is 1.94. The van der Waals surface area contributed by atoms with Gasteiger partial charge in [-0.1, -0.05) is 13.0 Å². The molecule has 2 aromatic rings. The van der Waals surface area contributed by atoms with Gasteiger partial charge in [-0.25, -0.2) is 8.42 Å². The van der Waals surface area contributed by atoms with Gasteiger partial charge < -0.3 is 24.4 Å². The van der Waals surface area contributed by atoms with E-state index in [9.17, 15) is 36.3 Å². The summed E-state index contributed by atoms with van der Waals surface area (Å²) in [6.45, 7) is 5.35. The van der Waals surface area contributed by atoms with Crippen molar-refractivity contribution < 1.29 is 45.8 Å². The molecule has 0 spiro atoms. The summed E-state index contributed by atoms with van der Waals surface area (Å²) in [6.07, 6.45) is -5.27. The number of thiophene rings is 1. The number of anilines is 1. The van der Waals surface area contributed by atoms with Crippen LogP contribution in [0.2, 0.25) is 0 Å². The van der Waals surface area contributed by atoms with E-state index in [1.165, 1.54) is 35.0 Å². The number of aliphatic hydroxyl groups excluding tert-OH is 1. The third-order valence-electron chi connectivity index (χ3n) is 7.57. The molecule has 0 saturated heterocycles. The van der Waals surface area contributed by atoms with Crippen LogP contribution in [0.4, 0.5) is 18.9 Å². The Morgan fingerprint density at radius 2 is 1.98 bits per heavy atom. The van der Waals surface area contributed by atoms with Crippen molar-refractivity contribution in [2.75, 3.05) is 38.1 Å². The molecule has 1 aromatic carbocycles. The second-order valence-corrected chi connectivity index (χ2v) is 14.3. The predicted molar refractivity (Wildman–Crippen MR) is 165 cm³/mol. The second-order valence-electron chi connectivity index (χ2n) is 11.4. The summed E-state index contributed by atoms with van der Waals surface area (Å²) in [5, 5.41) is 11.7. The summed E-state index contributed by atoms with van der Waals surface area (Å²) >= 11 is 1.05. The standard InChI is InChI=1S/C30H42F3N3O7S2/c1-20-17-36(21(2)19-37)29(39)24-16-23(34-45(40,41)28-9-7-15-44-28)10-11-25(24)43-22(3)8-5-6-14-42-26(20)18-35(4)27(38)12-13-30(31,32)33/h7,9-11,15-16,20-22,26,34,37H,5-6,8,12-14,17-19H2,1-4H3/t20-,21+,22+,26-/m1/s1. The van der Waals surface area contributed by atoms with Crippen LogP contribution in [0.1, 0.15) is 63.2 Å². The zero-order valence-corrected chi connectivity index (χ0v) is 27.5. The minimum absolute atomic E-state index is 0.0120. The van der Waals surface area contributed by atoms with Gasteiger partial charge in [0.05, 0.1) is 36.8 Å². The van der Waals surface area contributed by atoms with Crippen LogP contribution in [-0.4, -0.2) is 92.9 Å². The second kappa shape index (κ2) is 16.1. The number of hydrogen-bond acceptors (Lipinski definition) is 8. The molecule has 1 aromatic heterocycles. The number of aliphatic hydroxyl groups is 1. The Bertz CT molecular complexity index is 1370. The molecule has 15 heteroatoms. The molecule has 2 N–H and O–H groups in total. The molecule has 0 unspecified atom stereocenters. The van der Waals surface area contributed by atoms with Crippen LogP contribution in [0.25, 0.3) is 0 Å². The number of benzene rings is 1. The number of carbonyl (C=O) groups excluding carboxylic acids is 2. The summed E-state index contributed by atoms with van der Waals surface area (Å²) in [6, 6.07) is 6.88. The Morgan fingerprint density at radius 3 is 2.62 bits per heavy atom. The number of ether oxygens (including phenoxy) is 2. The molecule has 0 aliphatic carbocycles. The van der Waals surface area contributed by atoms with Gasteiger partial charge in [0.25, 0.3) is 15.9 Å². The lowest BCUT2D eigenvalue weighted by Crippen LogP contribution is -2.48. The molecule has 4 atom stereocenters. The summed E-state index contributed by atoms with van der Waals surface area (Å²) in [5.74, 6) is -1.34. The number of nitrogens with one attached hydrogen (secondary N) is 1. The Kier molecular flexibility index (Phi) is 13.1. The van der Waals surface area contributed by atoms with Crippen molar-refractivity contribution in [3.05, 3.63) is 41.3 Å². The van der Waals surface area contributed by atoms with Crippen molar-refractivity contribution >= 4 is 38.9 Å². The summed E-state index contributed by atoms with van der Waals surface area (Å²) in [4.78, 5) is 29.3. The van der Waals surface area contributed by atoms with E-state index in [1.54, 1.807) is 31.4 Å². The average Bonchev–Trinajstić information content (AvgIpc) is 3.53. The zero-order chi connectivity index (χ0) is 33.4. The molecule has 2 heterocycles. The topological polar surface area (TPSA) is 125 Å². The molecule has 0 radical (unpaired) electrons. The predicted octanol–water partition coefficient (Wildman–Crippen LogP) is 5.15. The molecular formula is C30H42F3N3O7S2. The van der Waals surface area contributed by atoms with Gasteiger partial charge in [-0.3, -0.25) is 14.3 Å². The normalized spacial score (nSPS) is 21.3. The van der Waals surface area contributed by atoms with E-state index < -0.39 is 58.9 Å². The van der Waals surface area contributed by atoms with Gasteiger partial charge in [0.2, 0.25) is 5.91 Å². The van der Waals surface area contributed by atoms with Crippen LogP contribution in [-0.2, 0) is 19.6 Å². The Morgan fingerprint density at radius 1 is 1.24 bits per heavy atom. The number of carbonyl (C=O) groups is 2. The Hall–Kier alpha value is -2.88. The lowest BCUT2D eigenvalue weighted by atomic mass is 10.0. The van der Waals surface area contributed by atoms with Gasteiger partial charge >= 0.3 is 6.18 Å². The number of rotatable bonds is 9. The summed E-state index contributed by atoms with van der Waals surface area (Å²) in [5.41, 5.74) is 0.243. The molecule has 1 aliphatic heterocycles. The largest absolute Gasteiger partial charge is 0.490 e. The fourth-order valence-electron chi connectivity index (χ4n) is 4.88. The fourth-order valence-corrected chi connectivity index (χ4v) is 6.92. The van der Waals surface area contributed by atoms with E-state index >= 15 is 0 Å². The third-order valence-corrected chi connectivity index (χ3v) is 10.3. The first-order chi connectivity index (χ1) is 21.1. The molecule has 0 fully saturated rings. The molecule has 252 valence electrons. The maximum Gasteiger partial charge on any atom is 0.389 e. The van der Waals surface area contributed by atoms with Crippen molar-refractivity contribution in [3.63, 3.8) is 0 Å². The number of nitrogens with zero attached hydrogens (tertiary/aromatic N) is 2. The molecule has 45 heavy (non-hydrogen) atoms. The third kappa shape index (κ3) is 10.9. The van der Waals surface area contributed by atoms with E-state index in [2.05, 4.69) is 4.72 Å². The van der Waals surface area contributed by atoms with E-state index in [4.69, 9.17) is 9.47 Å². The maximum atomic E-state index is 14.2. The van der Waals surface area contributed by atoms with Crippen LogP contribution in [0.15, 0.2) is 39.9 Å². The highest BCUT2D eigenvalue weighted by molar-refractivity contribution is 7.94. The van der Waals surface area contributed by atoms with E-state index in [0.717, 1.165) is 17.8 Å². The van der Waals surface area contributed by atoms with Gasteiger partial charge in [0.15, 0.2) is 0 Å². The van der Waals surface area contributed by atoms with Gasteiger partial charge in [0.1, 0.15) is 9.96 Å². The molecule has 0 saturated carbocycles. The van der Waals surface area contributed by atoms with E-state index in [0.29, 0.717) is 19.4 Å². The van der Waals surface area contributed by atoms with E-state index in [-0.39, 0.29) is 47.0 Å². The molecule has 10 nitrogen and oxygen atoms in total. The monoisotopic (exact) mass is 677 g/mol. The number of sulfonamides is 1. The highest BCUT2D eigenvalue weighted by atomic mass is 32.2.